The molecule has 0 saturated carbocycles. The maximum Gasteiger partial charge on any atom is 0.269 e. The number of aliphatic hydroxyl groups excluding tert-OH is 1. The van der Waals surface area contributed by atoms with E-state index in [1.54, 1.807) is 7.05 Å². The Kier molecular flexibility index (Phi) is 4.00. The van der Waals surface area contributed by atoms with Gasteiger partial charge in [0, 0.05) is 30.4 Å². The van der Waals surface area contributed by atoms with Crippen molar-refractivity contribution in [2.45, 2.75) is 6.61 Å². The molecule has 0 unspecified atom stereocenters. The molecular weight excluding hydrogens is 226 g/mol. The topological polar surface area (TPSA) is 110 Å². The van der Waals surface area contributed by atoms with E-state index >= 15 is 0 Å². The zero-order chi connectivity index (χ0) is 13.0. The van der Waals surface area contributed by atoms with Gasteiger partial charge in [0.1, 0.15) is 0 Å². The highest BCUT2D eigenvalue weighted by molar-refractivity contribution is 5.79. The van der Waals surface area contributed by atoms with Crippen LogP contribution in [-0.4, -0.2) is 29.5 Å². The number of likely N-dealkylation sites (N-methyl/N-ethyl adjacent to an activating group) is 1. The van der Waals surface area contributed by atoms with Crippen molar-refractivity contribution in [2.75, 3.05) is 18.5 Å². The summed E-state index contributed by atoms with van der Waals surface area (Å²) in [5.74, 6) is -0.519. The number of hydrogen-bond donors (Lipinski definition) is 2. The van der Waals surface area contributed by atoms with E-state index in [-0.39, 0.29) is 18.8 Å². The van der Waals surface area contributed by atoms with Crippen LogP contribution in [0.25, 0.3) is 0 Å². The molecule has 0 radical (unpaired) electrons. The Hall–Kier alpha value is -2.15. The van der Waals surface area contributed by atoms with Gasteiger partial charge in [0.2, 0.25) is 5.91 Å². The van der Waals surface area contributed by atoms with Crippen LogP contribution in [0.2, 0.25) is 0 Å². The average molecular weight is 239 g/mol. The number of carbonyl (C=O) groups is 1. The molecule has 0 fully saturated rings. The molecule has 0 aliphatic heterocycles. The largest absolute Gasteiger partial charge is 0.392 e. The lowest BCUT2D eigenvalue weighted by molar-refractivity contribution is -0.384. The molecule has 0 aliphatic carbocycles. The number of non-ortho nitro benzene ring substituents is 1. The number of rotatable bonds is 5. The van der Waals surface area contributed by atoms with Gasteiger partial charge in [0.25, 0.3) is 5.69 Å². The molecule has 1 aromatic rings. The van der Waals surface area contributed by atoms with E-state index in [1.807, 2.05) is 0 Å². The van der Waals surface area contributed by atoms with Crippen LogP contribution in [-0.2, 0) is 11.4 Å². The maximum absolute atomic E-state index is 10.8. The van der Waals surface area contributed by atoms with Crippen molar-refractivity contribution in [3.63, 3.8) is 0 Å². The summed E-state index contributed by atoms with van der Waals surface area (Å²) in [5.41, 5.74) is 5.86. The molecule has 92 valence electrons. The van der Waals surface area contributed by atoms with Gasteiger partial charge in [-0.15, -0.1) is 0 Å². The molecule has 0 spiro atoms. The first-order chi connectivity index (χ1) is 7.95. The summed E-state index contributed by atoms with van der Waals surface area (Å²) >= 11 is 0. The number of primary amides is 1. The first kappa shape index (κ1) is 12.9. The van der Waals surface area contributed by atoms with E-state index in [4.69, 9.17) is 10.8 Å². The second kappa shape index (κ2) is 5.26. The van der Waals surface area contributed by atoms with Crippen LogP contribution in [0.4, 0.5) is 11.4 Å². The number of nitro groups is 1. The standard InChI is InChI=1S/C10H13N3O4/c1-12(5-10(11)15)9-3-2-8(13(16)17)4-7(9)6-14/h2-4,14H,5-6H2,1H3,(H2,11,15). The average Bonchev–Trinajstić information content (AvgIpc) is 2.27. The summed E-state index contributed by atoms with van der Waals surface area (Å²) in [6.07, 6.45) is 0. The van der Waals surface area contributed by atoms with Gasteiger partial charge >= 0.3 is 0 Å². The van der Waals surface area contributed by atoms with Crippen LogP contribution in [0.3, 0.4) is 0 Å². The lowest BCUT2D eigenvalue weighted by Crippen LogP contribution is -2.31. The number of benzene rings is 1. The third-order valence-electron chi connectivity index (χ3n) is 2.25. The van der Waals surface area contributed by atoms with Crippen molar-refractivity contribution in [3.8, 4) is 0 Å². The molecule has 7 nitrogen and oxygen atoms in total. The first-order valence-corrected chi connectivity index (χ1v) is 4.83. The van der Waals surface area contributed by atoms with E-state index < -0.39 is 10.8 Å². The van der Waals surface area contributed by atoms with Gasteiger partial charge in [-0.05, 0) is 6.07 Å². The molecule has 0 atom stereocenters. The van der Waals surface area contributed by atoms with Gasteiger partial charge in [-0.25, -0.2) is 0 Å². The zero-order valence-corrected chi connectivity index (χ0v) is 9.29. The van der Waals surface area contributed by atoms with E-state index in [1.165, 1.54) is 23.1 Å². The summed E-state index contributed by atoms with van der Waals surface area (Å²) in [6.45, 7) is -0.370. The fourth-order valence-electron chi connectivity index (χ4n) is 1.50. The molecule has 7 heteroatoms. The van der Waals surface area contributed by atoms with Crippen molar-refractivity contribution in [1.82, 2.24) is 0 Å². The van der Waals surface area contributed by atoms with Crippen LogP contribution in [0, 0.1) is 10.1 Å². The van der Waals surface area contributed by atoms with Gasteiger partial charge in [-0.1, -0.05) is 0 Å². The summed E-state index contributed by atoms with van der Waals surface area (Å²) in [4.78, 5) is 22.3. The molecule has 0 heterocycles. The zero-order valence-electron chi connectivity index (χ0n) is 9.29. The molecule has 0 aromatic heterocycles. The Morgan fingerprint density at radius 2 is 2.24 bits per heavy atom. The highest BCUT2D eigenvalue weighted by atomic mass is 16.6. The third-order valence-corrected chi connectivity index (χ3v) is 2.25. The third kappa shape index (κ3) is 3.15. The molecule has 1 amide bonds. The quantitative estimate of drug-likeness (QED) is 0.555. The summed E-state index contributed by atoms with van der Waals surface area (Å²) < 4.78 is 0. The van der Waals surface area contributed by atoms with Crippen LogP contribution < -0.4 is 10.6 Å². The summed E-state index contributed by atoms with van der Waals surface area (Å²) in [6, 6.07) is 4.06. The lowest BCUT2D eigenvalue weighted by Gasteiger charge is -2.19. The molecule has 1 aromatic carbocycles. The number of carbonyl (C=O) groups excluding carboxylic acids is 1. The SMILES string of the molecule is CN(CC(N)=O)c1ccc([N+](=O)[O-])cc1CO. The molecule has 0 saturated heterocycles. The molecule has 0 bridgehead atoms. The minimum atomic E-state index is -0.545. The smallest absolute Gasteiger partial charge is 0.269 e. The fourth-order valence-corrected chi connectivity index (χ4v) is 1.50. The predicted octanol–water partition coefficient (Wildman–Crippen LogP) is 0.00860. The second-order valence-electron chi connectivity index (χ2n) is 3.55. The minimum absolute atomic E-state index is 0.0230. The highest BCUT2D eigenvalue weighted by Crippen LogP contribution is 2.24. The number of aliphatic hydroxyl groups is 1. The van der Waals surface area contributed by atoms with Crippen LogP contribution in [0.5, 0.6) is 0 Å². The van der Waals surface area contributed by atoms with E-state index in [2.05, 4.69) is 0 Å². The maximum atomic E-state index is 10.8. The van der Waals surface area contributed by atoms with Crippen molar-refractivity contribution < 1.29 is 14.8 Å². The number of nitro benzene ring substituents is 1. The Bertz CT molecular complexity index is 447. The van der Waals surface area contributed by atoms with Gasteiger partial charge in [0.15, 0.2) is 0 Å². The van der Waals surface area contributed by atoms with Crippen LogP contribution in [0.1, 0.15) is 5.56 Å². The Labute approximate surface area is 97.6 Å². The molecule has 1 rings (SSSR count). The number of hydrogen-bond acceptors (Lipinski definition) is 5. The highest BCUT2D eigenvalue weighted by Gasteiger charge is 2.13. The van der Waals surface area contributed by atoms with Gasteiger partial charge in [-0.3, -0.25) is 14.9 Å². The molecule has 17 heavy (non-hydrogen) atoms. The van der Waals surface area contributed by atoms with Crippen molar-refractivity contribution in [1.29, 1.82) is 0 Å². The van der Waals surface area contributed by atoms with Crippen molar-refractivity contribution in [3.05, 3.63) is 33.9 Å². The molecule has 0 aliphatic rings. The van der Waals surface area contributed by atoms with E-state index in [0.29, 0.717) is 11.3 Å². The van der Waals surface area contributed by atoms with E-state index in [9.17, 15) is 14.9 Å². The summed E-state index contributed by atoms with van der Waals surface area (Å²) in [5, 5.41) is 19.7. The van der Waals surface area contributed by atoms with Crippen molar-refractivity contribution >= 4 is 17.3 Å². The Balaban J connectivity index is 3.07. The monoisotopic (exact) mass is 239 g/mol. The van der Waals surface area contributed by atoms with Crippen LogP contribution >= 0.6 is 0 Å². The Morgan fingerprint density at radius 3 is 2.71 bits per heavy atom. The number of nitrogens with two attached hydrogens (primary N) is 1. The number of amides is 1. The fraction of sp³-hybridized carbons (Fsp3) is 0.300. The Morgan fingerprint density at radius 1 is 1.59 bits per heavy atom. The normalized spacial score (nSPS) is 10.0. The first-order valence-electron chi connectivity index (χ1n) is 4.83. The number of anilines is 1. The van der Waals surface area contributed by atoms with Crippen molar-refractivity contribution in [2.24, 2.45) is 5.73 Å². The van der Waals surface area contributed by atoms with E-state index in [0.717, 1.165) is 0 Å². The predicted molar refractivity (Wildman–Crippen MR) is 61.5 cm³/mol. The van der Waals surface area contributed by atoms with Gasteiger partial charge in [-0.2, -0.15) is 0 Å². The minimum Gasteiger partial charge on any atom is -0.392 e. The molecular formula is C10H13N3O4. The lowest BCUT2D eigenvalue weighted by atomic mass is 10.1. The number of nitrogens with zero attached hydrogens (tertiary/aromatic N) is 2. The van der Waals surface area contributed by atoms with Gasteiger partial charge in [0.05, 0.1) is 18.1 Å². The van der Waals surface area contributed by atoms with Crippen LogP contribution in [0.15, 0.2) is 18.2 Å². The molecule has 3 N–H and O–H groups in total. The summed E-state index contributed by atoms with van der Waals surface area (Å²) in [7, 11) is 1.62. The van der Waals surface area contributed by atoms with Gasteiger partial charge < -0.3 is 15.7 Å². The second-order valence-corrected chi connectivity index (χ2v) is 3.55.